The van der Waals surface area contributed by atoms with E-state index in [0.29, 0.717) is 17.7 Å². The summed E-state index contributed by atoms with van der Waals surface area (Å²) in [4.78, 5) is -0.0954. The highest BCUT2D eigenvalue weighted by molar-refractivity contribution is 7.92. The third kappa shape index (κ3) is 5.29. The first-order valence-electron chi connectivity index (χ1n) is 8.85. The van der Waals surface area contributed by atoms with Gasteiger partial charge in [-0.05, 0) is 41.8 Å². The fourth-order valence-corrected chi connectivity index (χ4v) is 5.20. The van der Waals surface area contributed by atoms with E-state index in [0.717, 1.165) is 11.1 Å². The van der Waals surface area contributed by atoms with Gasteiger partial charge in [0.1, 0.15) is 10.7 Å². The fraction of sp³-hybridized carbons (Fsp3) is 0.0952. The van der Waals surface area contributed by atoms with Gasteiger partial charge in [-0.3, -0.25) is 10.1 Å². The molecule has 0 amide bonds. The number of hydrogen-bond donors (Lipinski definition) is 4. The lowest BCUT2D eigenvalue weighted by atomic mass is 10.0. The number of para-hydroxylation sites is 1. The van der Waals surface area contributed by atoms with E-state index in [1.165, 1.54) is 18.2 Å². The van der Waals surface area contributed by atoms with E-state index in [1.807, 2.05) is 24.3 Å². The van der Waals surface area contributed by atoms with Gasteiger partial charge in [0.05, 0.1) is 10.7 Å². The lowest BCUT2D eigenvalue weighted by Crippen LogP contribution is -2.15. The summed E-state index contributed by atoms with van der Waals surface area (Å²) in [6.45, 7) is 0. The van der Waals surface area contributed by atoms with Gasteiger partial charge >= 0.3 is 0 Å². The third-order valence-electron chi connectivity index (χ3n) is 4.44. The Kier molecular flexibility index (Phi) is 6.98. The summed E-state index contributed by atoms with van der Waals surface area (Å²) >= 11 is 16.7. The van der Waals surface area contributed by atoms with E-state index in [2.05, 4.69) is 4.72 Å². The van der Waals surface area contributed by atoms with Crippen molar-refractivity contribution in [2.45, 2.75) is 16.6 Å². The molecule has 0 radical (unpaired) electrons. The first kappa shape index (κ1) is 22.5. The van der Waals surface area contributed by atoms with E-state index < -0.39 is 10.0 Å². The molecule has 3 aromatic rings. The predicted octanol–water partition coefficient (Wildman–Crippen LogP) is 5.29. The highest BCUT2D eigenvalue weighted by atomic mass is 35.5. The minimum Gasteiger partial charge on any atom is -0.384 e. The number of anilines is 1. The monoisotopic (exact) mass is 479 g/mol. The standard InChI is InChI=1S/C21H19Cl2N3O2S2/c22-15-9-10-17(23)20(12-15)30(27,28)26-18-4-2-1-3-16(18)19(29)11-13-5-7-14(8-6-13)21(24)25/h1-10,12,19,26,29H,11H2,(H3,24,25). The molecule has 4 N–H and O–H groups in total. The Morgan fingerprint density at radius 1 is 1.07 bits per heavy atom. The molecule has 0 heterocycles. The third-order valence-corrected chi connectivity index (χ3v) is 6.98. The summed E-state index contributed by atoms with van der Waals surface area (Å²) < 4.78 is 28.4. The normalized spacial score (nSPS) is 12.4. The van der Waals surface area contributed by atoms with Crippen LogP contribution in [0, 0.1) is 5.41 Å². The summed E-state index contributed by atoms with van der Waals surface area (Å²) in [5, 5.41) is 7.55. The van der Waals surface area contributed by atoms with Crippen molar-refractivity contribution in [2.75, 3.05) is 4.72 Å². The van der Waals surface area contributed by atoms with Crippen LogP contribution in [0.1, 0.15) is 21.9 Å². The van der Waals surface area contributed by atoms with Crippen LogP contribution in [-0.2, 0) is 16.4 Å². The van der Waals surface area contributed by atoms with Crippen LogP contribution in [0.3, 0.4) is 0 Å². The second-order valence-corrected chi connectivity index (χ2v) is 9.72. The van der Waals surface area contributed by atoms with Crippen LogP contribution in [0.4, 0.5) is 5.69 Å². The van der Waals surface area contributed by atoms with Crippen molar-refractivity contribution in [1.82, 2.24) is 0 Å². The van der Waals surface area contributed by atoms with Gasteiger partial charge in [-0.2, -0.15) is 12.6 Å². The van der Waals surface area contributed by atoms with Crippen LogP contribution in [0.5, 0.6) is 0 Å². The summed E-state index contributed by atoms with van der Waals surface area (Å²) in [6.07, 6.45) is 0.554. The average Bonchev–Trinajstić information content (AvgIpc) is 2.70. The molecule has 1 atom stereocenters. The summed E-state index contributed by atoms with van der Waals surface area (Å²) in [7, 11) is -3.95. The number of amidine groups is 1. The average molecular weight is 480 g/mol. The molecule has 0 bridgehead atoms. The number of nitrogens with two attached hydrogens (primary N) is 1. The summed E-state index contributed by atoms with van der Waals surface area (Å²) in [5.41, 5.74) is 8.24. The Labute approximate surface area is 191 Å². The summed E-state index contributed by atoms with van der Waals surface area (Å²) in [5.74, 6) is 0.00315. The molecule has 9 heteroatoms. The first-order chi connectivity index (χ1) is 14.2. The van der Waals surface area contributed by atoms with Crippen molar-refractivity contribution in [3.8, 4) is 0 Å². The van der Waals surface area contributed by atoms with Crippen LogP contribution in [-0.4, -0.2) is 14.3 Å². The number of sulfonamides is 1. The number of rotatable bonds is 7. The zero-order valence-electron chi connectivity index (χ0n) is 15.6. The molecule has 0 aliphatic heterocycles. The molecular formula is C21H19Cl2N3O2S2. The topological polar surface area (TPSA) is 96.0 Å². The minimum atomic E-state index is -3.95. The smallest absolute Gasteiger partial charge is 0.263 e. The van der Waals surface area contributed by atoms with Gasteiger partial charge < -0.3 is 5.73 Å². The number of nitrogen functional groups attached to an aromatic ring is 1. The van der Waals surface area contributed by atoms with Crippen LogP contribution >= 0.6 is 35.8 Å². The van der Waals surface area contributed by atoms with Crippen molar-refractivity contribution >= 4 is 57.4 Å². The largest absolute Gasteiger partial charge is 0.384 e. The molecule has 3 rings (SSSR count). The Balaban J connectivity index is 1.86. The molecule has 0 saturated carbocycles. The summed E-state index contributed by atoms with van der Waals surface area (Å²) in [6, 6.07) is 18.6. The van der Waals surface area contributed by atoms with Gasteiger partial charge in [-0.25, -0.2) is 8.42 Å². The molecule has 0 aromatic heterocycles. The van der Waals surface area contributed by atoms with Gasteiger partial charge in [-0.15, -0.1) is 0 Å². The highest BCUT2D eigenvalue weighted by Gasteiger charge is 2.21. The van der Waals surface area contributed by atoms with E-state index in [-0.39, 0.29) is 26.0 Å². The highest BCUT2D eigenvalue weighted by Crippen LogP contribution is 2.33. The molecule has 156 valence electrons. The Hall–Kier alpha value is -2.19. The minimum absolute atomic E-state index is 0.00315. The lowest BCUT2D eigenvalue weighted by molar-refractivity contribution is 0.601. The van der Waals surface area contributed by atoms with E-state index in [9.17, 15) is 8.42 Å². The number of hydrogen-bond acceptors (Lipinski definition) is 4. The number of thiol groups is 1. The maximum Gasteiger partial charge on any atom is 0.263 e. The van der Waals surface area contributed by atoms with Crippen LogP contribution in [0.25, 0.3) is 0 Å². The van der Waals surface area contributed by atoms with Gasteiger partial charge in [0, 0.05) is 15.8 Å². The molecular weight excluding hydrogens is 461 g/mol. The Morgan fingerprint density at radius 2 is 1.73 bits per heavy atom. The van der Waals surface area contributed by atoms with Gasteiger partial charge in [0.15, 0.2) is 0 Å². The van der Waals surface area contributed by atoms with Crippen molar-refractivity contribution in [3.63, 3.8) is 0 Å². The zero-order chi connectivity index (χ0) is 21.9. The van der Waals surface area contributed by atoms with Crippen molar-refractivity contribution in [1.29, 1.82) is 5.41 Å². The van der Waals surface area contributed by atoms with Crippen LogP contribution < -0.4 is 10.5 Å². The Bertz CT molecular complexity index is 1180. The lowest BCUT2D eigenvalue weighted by Gasteiger charge is -2.18. The molecule has 3 aromatic carbocycles. The molecule has 1 unspecified atom stereocenters. The van der Waals surface area contributed by atoms with E-state index in [1.54, 1.807) is 24.3 Å². The first-order valence-corrected chi connectivity index (χ1v) is 11.6. The molecule has 0 aliphatic carbocycles. The maximum absolute atomic E-state index is 12.9. The number of benzene rings is 3. The molecule has 0 spiro atoms. The van der Waals surface area contributed by atoms with Crippen molar-refractivity contribution in [2.24, 2.45) is 5.73 Å². The second-order valence-electron chi connectivity index (χ2n) is 6.60. The molecule has 30 heavy (non-hydrogen) atoms. The molecule has 0 aliphatic rings. The second kappa shape index (κ2) is 9.31. The van der Waals surface area contributed by atoms with E-state index >= 15 is 0 Å². The molecule has 5 nitrogen and oxygen atoms in total. The quantitative estimate of drug-likeness (QED) is 0.210. The van der Waals surface area contributed by atoms with E-state index in [4.69, 9.17) is 47.0 Å². The van der Waals surface area contributed by atoms with Gasteiger partial charge in [0.2, 0.25) is 0 Å². The number of halogens is 2. The van der Waals surface area contributed by atoms with Gasteiger partial charge in [-0.1, -0.05) is 65.7 Å². The van der Waals surface area contributed by atoms with Gasteiger partial charge in [0.25, 0.3) is 10.0 Å². The number of nitrogens with one attached hydrogen (secondary N) is 2. The van der Waals surface area contributed by atoms with Crippen LogP contribution in [0.2, 0.25) is 10.0 Å². The molecule has 0 saturated heterocycles. The fourth-order valence-electron chi connectivity index (χ4n) is 2.92. The Morgan fingerprint density at radius 3 is 2.40 bits per heavy atom. The van der Waals surface area contributed by atoms with Crippen molar-refractivity contribution in [3.05, 3.63) is 93.5 Å². The SMILES string of the molecule is N=C(N)c1ccc(CC(S)c2ccccc2NS(=O)(=O)c2cc(Cl)ccc2Cl)cc1. The zero-order valence-corrected chi connectivity index (χ0v) is 18.9. The van der Waals surface area contributed by atoms with Crippen LogP contribution in [0.15, 0.2) is 71.6 Å². The maximum atomic E-state index is 12.9. The predicted molar refractivity (Wildman–Crippen MR) is 127 cm³/mol. The van der Waals surface area contributed by atoms with Crippen molar-refractivity contribution < 1.29 is 8.42 Å². The molecule has 0 fully saturated rings.